The van der Waals surface area contributed by atoms with Gasteiger partial charge in [-0.05, 0) is 32.9 Å². The summed E-state index contributed by atoms with van der Waals surface area (Å²) in [5.74, 6) is 0.535. The summed E-state index contributed by atoms with van der Waals surface area (Å²) in [6.07, 6.45) is 1.61. The van der Waals surface area contributed by atoms with Crippen molar-refractivity contribution in [2.45, 2.75) is 20.8 Å². The van der Waals surface area contributed by atoms with Gasteiger partial charge in [0, 0.05) is 16.8 Å². The first-order valence-corrected chi connectivity index (χ1v) is 5.98. The fourth-order valence-electron chi connectivity index (χ4n) is 2.10. The summed E-state index contributed by atoms with van der Waals surface area (Å²) >= 11 is 0. The molecule has 0 spiro atoms. The van der Waals surface area contributed by atoms with Gasteiger partial charge in [0.05, 0.1) is 17.6 Å². The van der Waals surface area contributed by atoms with E-state index in [0.29, 0.717) is 11.6 Å². The molecule has 6 heteroatoms. The fourth-order valence-corrected chi connectivity index (χ4v) is 2.10. The summed E-state index contributed by atoms with van der Waals surface area (Å²) in [6.45, 7) is 5.78. The summed E-state index contributed by atoms with van der Waals surface area (Å²) in [5.41, 5.74) is 9.76. The van der Waals surface area contributed by atoms with Gasteiger partial charge in [-0.2, -0.15) is 9.78 Å². The second-order valence-electron chi connectivity index (χ2n) is 4.59. The maximum atomic E-state index is 5.76. The highest BCUT2D eigenvalue weighted by Gasteiger charge is 2.13. The SMILES string of the molecule is Cc1cc(C)nc(-n2nc(C)c3cc(N)cnc32)n1. The van der Waals surface area contributed by atoms with Gasteiger partial charge >= 0.3 is 0 Å². The lowest BCUT2D eigenvalue weighted by molar-refractivity contribution is 0.797. The number of hydrogen-bond donors (Lipinski definition) is 1. The van der Waals surface area contributed by atoms with Crippen LogP contribution in [0.1, 0.15) is 17.1 Å². The Bertz CT molecular complexity index is 754. The van der Waals surface area contributed by atoms with Crippen LogP contribution in [0.2, 0.25) is 0 Å². The molecule has 6 nitrogen and oxygen atoms in total. The third-order valence-corrected chi connectivity index (χ3v) is 2.89. The highest BCUT2D eigenvalue weighted by Crippen LogP contribution is 2.20. The molecule has 3 aromatic rings. The summed E-state index contributed by atoms with van der Waals surface area (Å²) in [6, 6.07) is 3.79. The Morgan fingerprint density at radius 3 is 2.42 bits per heavy atom. The standard InChI is InChI=1S/C13H14N6/c1-7-4-8(2)17-13(16-7)19-12-11(9(3)18-19)5-10(14)6-15-12/h4-6H,14H2,1-3H3. The lowest BCUT2D eigenvalue weighted by atomic mass is 10.2. The molecular weight excluding hydrogens is 240 g/mol. The van der Waals surface area contributed by atoms with Gasteiger partial charge in [-0.25, -0.2) is 15.0 Å². The number of nitrogens with zero attached hydrogens (tertiary/aromatic N) is 5. The Labute approximate surface area is 110 Å². The van der Waals surface area contributed by atoms with Gasteiger partial charge in [-0.1, -0.05) is 0 Å². The van der Waals surface area contributed by atoms with Crippen molar-refractivity contribution < 1.29 is 0 Å². The molecule has 0 fully saturated rings. The zero-order chi connectivity index (χ0) is 13.6. The van der Waals surface area contributed by atoms with Crippen molar-refractivity contribution in [3.63, 3.8) is 0 Å². The molecule has 19 heavy (non-hydrogen) atoms. The summed E-state index contributed by atoms with van der Waals surface area (Å²) in [7, 11) is 0. The number of aromatic nitrogens is 5. The fraction of sp³-hybridized carbons (Fsp3) is 0.231. The first kappa shape index (κ1) is 11.6. The predicted octanol–water partition coefficient (Wildman–Crippen LogP) is 1.72. The van der Waals surface area contributed by atoms with Crippen LogP contribution < -0.4 is 5.73 Å². The van der Waals surface area contributed by atoms with Gasteiger partial charge in [0.1, 0.15) is 0 Å². The Hall–Kier alpha value is -2.50. The third-order valence-electron chi connectivity index (χ3n) is 2.89. The van der Waals surface area contributed by atoms with Crippen molar-refractivity contribution >= 4 is 16.7 Å². The van der Waals surface area contributed by atoms with Crippen LogP contribution in [0.3, 0.4) is 0 Å². The van der Waals surface area contributed by atoms with Gasteiger partial charge < -0.3 is 5.73 Å². The third kappa shape index (κ3) is 1.91. The van der Waals surface area contributed by atoms with Crippen LogP contribution >= 0.6 is 0 Å². The van der Waals surface area contributed by atoms with E-state index in [4.69, 9.17) is 5.73 Å². The first-order valence-electron chi connectivity index (χ1n) is 5.98. The van der Waals surface area contributed by atoms with E-state index >= 15 is 0 Å². The van der Waals surface area contributed by atoms with Crippen molar-refractivity contribution in [3.05, 3.63) is 35.4 Å². The molecule has 0 radical (unpaired) electrons. The molecule has 96 valence electrons. The van der Waals surface area contributed by atoms with Gasteiger partial charge in [0.25, 0.3) is 5.95 Å². The molecule has 0 atom stereocenters. The number of nitrogens with two attached hydrogens (primary N) is 1. The number of nitrogen functional groups attached to an aromatic ring is 1. The topological polar surface area (TPSA) is 82.5 Å². The monoisotopic (exact) mass is 254 g/mol. The van der Waals surface area contributed by atoms with Crippen LogP contribution in [0.5, 0.6) is 0 Å². The van der Waals surface area contributed by atoms with Crippen molar-refractivity contribution in [3.8, 4) is 5.95 Å². The second kappa shape index (κ2) is 4.01. The summed E-state index contributed by atoms with van der Waals surface area (Å²) in [4.78, 5) is 13.1. The molecule has 3 aromatic heterocycles. The van der Waals surface area contributed by atoms with Gasteiger partial charge in [-0.15, -0.1) is 0 Å². The van der Waals surface area contributed by atoms with Crippen LogP contribution in [-0.4, -0.2) is 24.7 Å². The maximum Gasteiger partial charge on any atom is 0.253 e. The molecule has 3 rings (SSSR count). The molecule has 0 aliphatic heterocycles. The van der Waals surface area contributed by atoms with Crippen LogP contribution in [0.15, 0.2) is 18.3 Å². The highest BCUT2D eigenvalue weighted by atomic mass is 15.4. The Kier molecular flexibility index (Phi) is 2.45. The number of fused-ring (bicyclic) bond motifs is 1. The number of anilines is 1. The average molecular weight is 254 g/mol. The minimum Gasteiger partial charge on any atom is -0.397 e. The van der Waals surface area contributed by atoms with Crippen LogP contribution in [0.4, 0.5) is 5.69 Å². The van der Waals surface area contributed by atoms with Crippen molar-refractivity contribution in [1.29, 1.82) is 0 Å². The maximum absolute atomic E-state index is 5.76. The number of aryl methyl sites for hydroxylation is 3. The van der Waals surface area contributed by atoms with Crippen molar-refractivity contribution in [2.75, 3.05) is 5.73 Å². The van der Waals surface area contributed by atoms with Gasteiger partial charge in [0.2, 0.25) is 0 Å². The van der Waals surface area contributed by atoms with Crippen molar-refractivity contribution in [2.24, 2.45) is 0 Å². The molecule has 0 amide bonds. The quantitative estimate of drug-likeness (QED) is 0.715. The Morgan fingerprint density at radius 1 is 1.05 bits per heavy atom. The minimum atomic E-state index is 0.535. The summed E-state index contributed by atoms with van der Waals surface area (Å²) in [5, 5.41) is 5.38. The molecule has 0 aliphatic rings. The molecule has 3 heterocycles. The van der Waals surface area contributed by atoms with Crippen molar-refractivity contribution in [1.82, 2.24) is 24.7 Å². The van der Waals surface area contributed by atoms with Gasteiger partial charge in [-0.3, -0.25) is 0 Å². The van der Waals surface area contributed by atoms with E-state index in [9.17, 15) is 0 Å². The second-order valence-corrected chi connectivity index (χ2v) is 4.59. The Morgan fingerprint density at radius 2 is 1.74 bits per heavy atom. The lowest BCUT2D eigenvalue weighted by Crippen LogP contribution is -2.06. The molecule has 0 saturated carbocycles. The van der Waals surface area contributed by atoms with Crippen LogP contribution in [-0.2, 0) is 0 Å². The minimum absolute atomic E-state index is 0.535. The average Bonchev–Trinajstić information content (AvgIpc) is 2.65. The first-order chi connectivity index (χ1) is 9.04. The molecule has 0 bridgehead atoms. The lowest BCUT2D eigenvalue weighted by Gasteiger charge is -2.03. The van der Waals surface area contributed by atoms with E-state index in [1.54, 1.807) is 10.9 Å². The molecule has 0 aromatic carbocycles. The van der Waals surface area contributed by atoms with Crippen LogP contribution in [0, 0.1) is 20.8 Å². The normalized spacial score (nSPS) is 11.1. The zero-order valence-corrected chi connectivity index (χ0v) is 11.0. The molecular formula is C13H14N6. The highest BCUT2D eigenvalue weighted by molar-refractivity contribution is 5.81. The van der Waals surface area contributed by atoms with Crippen LogP contribution in [0.25, 0.3) is 17.0 Å². The van der Waals surface area contributed by atoms with E-state index < -0.39 is 0 Å². The predicted molar refractivity (Wildman–Crippen MR) is 73.1 cm³/mol. The molecule has 0 saturated heterocycles. The van der Waals surface area contributed by atoms with Gasteiger partial charge in [0.15, 0.2) is 5.65 Å². The largest absolute Gasteiger partial charge is 0.397 e. The van der Waals surface area contributed by atoms with E-state index in [0.717, 1.165) is 28.1 Å². The van der Waals surface area contributed by atoms with E-state index in [1.165, 1.54) is 0 Å². The molecule has 0 aliphatic carbocycles. The number of hydrogen-bond acceptors (Lipinski definition) is 5. The Balaban J connectivity index is 2.31. The number of pyridine rings is 1. The molecule has 0 unspecified atom stereocenters. The summed E-state index contributed by atoms with van der Waals surface area (Å²) < 4.78 is 1.66. The van der Waals surface area contributed by atoms with E-state index in [2.05, 4.69) is 20.1 Å². The smallest absolute Gasteiger partial charge is 0.253 e. The van der Waals surface area contributed by atoms with E-state index in [1.807, 2.05) is 32.9 Å². The zero-order valence-electron chi connectivity index (χ0n) is 11.0. The molecule has 2 N–H and O–H groups in total. The van der Waals surface area contributed by atoms with E-state index in [-0.39, 0.29) is 0 Å². The number of rotatable bonds is 1.